The molecule has 1 N–H and O–H groups in total. The van der Waals surface area contributed by atoms with Crippen LogP contribution < -0.4 is 9.62 Å². The maximum absolute atomic E-state index is 13.1. The van der Waals surface area contributed by atoms with E-state index in [1.807, 2.05) is 24.3 Å². The van der Waals surface area contributed by atoms with E-state index in [0.29, 0.717) is 18.0 Å². The smallest absolute Gasteiger partial charge is 0.240 e. The molecule has 0 amide bonds. The molecule has 0 radical (unpaired) electrons. The van der Waals surface area contributed by atoms with Crippen molar-refractivity contribution in [3.05, 3.63) is 81.7 Å². The van der Waals surface area contributed by atoms with Crippen molar-refractivity contribution in [2.24, 2.45) is 0 Å². The fourth-order valence-corrected chi connectivity index (χ4v) is 5.03. The Balaban J connectivity index is 1.74. The number of halogens is 2. The summed E-state index contributed by atoms with van der Waals surface area (Å²) in [6.45, 7) is 3.88. The Labute approximate surface area is 189 Å². The van der Waals surface area contributed by atoms with E-state index < -0.39 is 16.2 Å². The number of sulfonamides is 1. The topological polar surface area (TPSA) is 49.4 Å². The van der Waals surface area contributed by atoms with Crippen LogP contribution in [-0.2, 0) is 22.9 Å². The maximum Gasteiger partial charge on any atom is 0.240 e. The van der Waals surface area contributed by atoms with E-state index in [1.54, 1.807) is 6.92 Å². The summed E-state index contributed by atoms with van der Waals surface area (Å²) in [5, 5.41) is 0.676. The van der Waals surface area contributed by atoms with E-state index in [1.165, 1.54) is 36.3 Å². The van der Waals surface area contributed by atoms with Crippen molar-refractivity contribution in [2.75, 3.05) is 18.0 Å². The van der Waals surface area contributed by atoms with Gasteiger partial charge in [-0.05, 0) is 74.6 Å². The van der Waals surface area contributed by atoms with Crippen LogP contribution >= 0.6 is 11.6 Å². The summed E-state index contributed by atoms with van der Waals surface area (Å²) in [5.74, 6) is 0. The Kier molecular flexibility index (Phi) is 7.92. The maximum atomic E-state index is 13.1. The van der Waals surface area contributed by atoms with Crippen LogP contribution in [0.25, 0.3) is 0 Å². The molecule has 1 atom stereocenters. The zero-order chi connectivity index (χ0) is 22.4. The van der Waals surface area contributed by atoms with Crippen LogP contribution in [0.15, 0.2) is 65.6 Å². The first kappa shape index (κ1) is 23.5. The second kappa shape index (κ2) is 10.4. The van der Waals surface area contributed by atoms with Gasteiger partial charge < -0.3 is 4.90 Å². The molecule has 0 bridgehead atoms. The number of hydrogen-bond acceptors (Lipinski definition) is 3. The van der Waals surface area contributed by atoms with Crippen LogP contribution in [0.3, 0.4) is 0 Å². The number of nitrogens with one attached hydrogen (secondary N) is 1. The molecule has 0 saturated carbocycles. The molecule has 0 aromatic heterocycles. The third-order valence-electron chi connectivity index (χ3n) is 5.26. The predicted octanol–water partition coefficient (Wildman–Crippen LogP) is 5.70. The van der Waals surface area contributed by atoms with Crippen LogP contribution in [0, 0.1) is 0 Å². The summed E-state index contributed by atoms with van der Waals surface area (Å²) >= 11 is 6.29. The van der Waals surface area contributed by atoms with Gasteiger partial charge in [0.15, 0.2) is 0 Å². The van der Waals surface area contributed by atoms with Crippen molar-refractivity contribution in [1.82, 2.24) is 4.72 Å². The second-order valence-electron chi connectivity index (χ2n) is 7.53. The molecule has 2 aromatic rings. The summed E-state index contributed by atoms with van der Waals surface area (Å²) in [6.07, 6.45) is 5.25. The average molecular weight is 463 g/mol. The number of para-hydroxylation sites is 1. The first-order valence-electron chi connectivity index (χ1n) is 10.4. The molecule has 1 aliphatic heterocycles. The summed E-state index contributed by atoms with van der Waals surface area (Å²) in [4.78, 5) is 2.29. The molecular weight excluding hydrogens is 435 g/mol. The normalized spacial score (nSPS) is 15.5. The van der Waals surface area contributed by atoms with Gasteiger partial charge in [0.2, 0.25) is 10.0 Å². The van der Waals surface area contributed by atoms with E-state index >= 15 is 0 Å². The number of benzene rings is 2. The van der Waals surface area contributed by atoms with Gasteiger partial charge in [0.05, 0.1) is 4.91 Å². The Morgan fingerprint density at radius 2 is 1.90 bits per heavy atom. The molecule has 0 aliphatic carbocycles. The van der Waals surface area contributed by atoms with Gasteiger partial charge in [-0.25, -0.2) is 17.5 Å². The molecule has 1 heterocycles. The lowest BCUT2D eigenvalue weighted by Crippen LogP contribution is -2.29. The molecular formula is C24H28ClFN2O2S. The molecule has 7 heteroatoms. The number of rotatable bonds is 8. The molecule has 166 valence electrons. The number of hydrogen-bond donors (Lipinski definition) is 1. The summed E-state index contributed by atoms with van der Waals surface area (Å²) in [6, 6.07) is 14.2. The minimum absolute atomic E-state index is 0.0641. The van der Waals surface area contributed by atoms with Crippen LogP contribution in [0.1, 0.15) is 31.4 Å². The first-order valence-corrected chi connectivity index (χ1v) is 12.3. The highest BCUT2D eigenvalue weighted by molar-refractivity contribution is 7.93. The van der Waals surface area contributed by atoms with Crippen LogP contribution in [0.5, 0.6) is 0 Å². The van der Waals surface area contributed by atoms with E-state index in [9.17, 15) is 12.8 Å². The Morgan fingerprint density at radius 1 is 1.19 bits per heavy atom. The standard InChI is InChI=1S/C24H28ClFN2O2S/c1-3-22(14-9-18(2)26)31(29,30)27-15-6-16-28-23-8-5-4-7-19(23)10-11-20-12-13-21(25)17-24(20)28/h3-5,7-9,12-14,17-18,27H,6,10-11,15-16H2,1-2H3/b14-9-,22-3+. The van der Waals surface area contributed by atoms with Gasteiger partial charge >= 0.3 is 0 Å². The quantitative estimate of drug-likeness (QED) is 0.404. The summed E-state index contributed by atoms with van der Waals surface area (Å²) in [5.41, 5.74) is 4.68. The van der Waals surface area contributed by atoms with Crippen molar-refractivity contribution < 1.29 is 12.8 Å². The minimum atomic E-state index is -3.69. The fraction of sp³-hybridized carbons (Fsp3) is 0.333. The number of aryl methyl sites for hydroxylation is 2. The van der Waals surface area contributed by atoms with Crippen molar-refractivity contribution in [3.8, 4) is 0 Å². The molecule has 3 rings (SSSR count). The predicted molar refractivity (Wildman–Crippen MR) is 127 cm³/mol. The van der Waals surface area contributed by atoms with Crippen LogP contribution in [0.2, 0.25) is 5.02 Å². The first-order chi connectivity index (χ1) is 14.8. The highest BCUT2D eigenvalue weighted by Crippen LogP contribution is 2.37. The largest absolute Gasteiger partial charge is 0.341 e. The van der Waals surface area contributed by atoms with Crippen molar-refractivity contribution in [2.45, 2.75) is 39.3 Å². The van der Waals surface area contributed by atoms with Gasteiger partial charge in [-0.15, -0.1) is 0 Å². The number of fused-ring (bicyclic) bond motifs is 2. The van der Waals surface area contributed by atoms with E-state index in [0.717, 1.165) is 24.2 Å². The number of allylic oxidation sites excluding steroid dienone is 3. The third kappa shape index (κ3) is 5.97. The van der Waals surface area contributed by atoms with Crippen molar-refractivity contribution in [1.29, 1.82) is 0 Å². The van der Waals surface area contributed by atoms with Gasteiger partial charge in [0, 0.05) is 29.5 Å². The lowest BCUT2D eigenvalue weighted by molar-refractivity contribution is 0.430. The summed E-state index contributed by atoms with van der Waals surface area (Å²) in [7, 11) is -3.69. The van der Waals surface area contributed by atoms with Crippen LogP contribution in [-0.4, -0.2) is 27.7 Å². The SMILES string of the molecule is C/C=C(\C=C/C(C)F)S(=O)(=O)NCCCN1c2ccccc2CCc2ccc(Cl)cc21. The van der Waals surface area contributed by atoms with Gasteiger partial charge in [-0.3, -0.25) is 0 Å². The number of nitrogens with zero attached hydrogens (tertiary/aromatic N) is 1. The van der Waals surface area contributed by atoms with E-state index in [4.69, 9.17) is 11.6 Å². The summed E-state index contributed by atoms with van der Waals surface area (Å²) < 4.78 is 40.8. The highest BCUT2D eigenvalue weighted by Gasteiger charge is 2.21. The van der Waals surface area contributed by atoms with Gasteiger partial charge in [-0.2, -0.15) is 0 Å². The van der Waals surface area contributed by atoms with Gasteiger partial charge in [-0.1, -0.05) is 41.9 Å². The molecule has 0 fully saturated rings. The monoisotopic (exact) mass is 462 g/mol. The lowest BCUT2D eigenvalue weighted by Gasteiger charge is -2.27. The van der Waals surface area contributed by atoms with Gasteiger partial charge in [0.1, 0.15) is 6.17 Å². The Bertz CT molecular complexity index is 1080. The fourth-order valence-electron chi connectivity index (χ4n) is 3.72. The van der Waals surface area contributed by atoms with Crippen molar-refractivity contribution in [3.63, 3.8) is 0 Å². The molecule has 31 heavy (non-hydrogen) atoms. The third-order valence-corrected chi connectivity index (χ3v) is 7.07. The minimum Gasteiger partial charge on any atom is -0.341 e. The van der Waals surface area contributed by atoms with E-state index in [-0.39, 0.29) is 11.4 Å². The van der Waals surface area contributed by atoms with Crippen LogP contribution in [0.4, 0.5) is 15.8 Å². The molecule has 4 nitrogen and oxygen atoms in total. The number of anilines is 2. The molecule has 0 spiro atoms. The lowest BCUT2D eigenvalue weighted by atomic mass is 10.0. The zero-order valence-electron chi connectivity index (χ0n) is 17.8. The van der Waals surface area contributed by atoms with Gasteiger partial charge in [0.25, 0.3) is 0 Å². The number of alkyl halides is 1. The molecule has 1 aliphatic rings. The Hall–Kier alpha value is -2.15. The van der Waals surface area contributed by atoms with Crippen molar-refractivity contribution >= 4 is 33.0 Å². The molecule has 2 aromatic carbocycles. The van der Waals surface area contributed by atoms with E-state index in [2.05, 4.69) is 27.8 Å². The zero-order valence-corrected chi connectivity index (χ0v) is 19.4. The highest BCUT2D eigenvalue weighted by atomic mass is 35.5. The average Bonchev–Trinajstić information content (AvgIpc) is 2.88. The molecule has 1 unspecified atom stereocenters. The molecule has 0 saturated heterocycles. The Morgan fingerprint density at radius 3 is 2.61 bits per heavy atom. The second-order valence-corrected chi connectivity index (χ2v) is 9.74.